The molecule has 7 nitrogen and oxygen atoms in total. The number of nitrogens with zero attached hydrogens (tertiary/aromatic N) is 5. The normalized spacial score (nSPS) is 14.2. The number of para-hydroxylation sites is 1. The van der Waals surface area contributed by atoms with Gasteiger partial charge in [-0.1, -0.05) is 30.3 Å². The Morgan fingerprint density at radius 2 is 1.83 bits per heavy atom. The first-order valence-corrected chi connectivity index (χ1v) is 11.7. The van der Waals surface area contributed by atoms with Gasteiger partial charge in [0.05, 0.1) is 6.54 Å². The third-order valence-electron chi connectivity index (χ3n) is 6.19. The monoisotopic (exact) mass is 471 g/mol. The molecule has 2 aromatic carbocycles. The summed E-state index contributed by atoms with van der Waals surface area (Å²) in [6, 6.07) is 17.5. The van der Waals surface area contributed by atoms with E-state index in [0.717, 1.165) is 24.1 Å². The summed E-state index contributed by atoms with van der Waals surface area (Å²) < 4.78 is 21.5. The molecule has 0 N–H and O–H groups in total. The molecule has 178 valence electrons. The summed E-state index contributed by atoms with van der Waals surface area (Å²) in [7, 11) is 0. The van der Waals surface area contributed by atoms with Gasteiger partial charge in [-0.3, -0.25) is 9.48 Å². The van der Waals surface area contributed by atoms with Gasteiger partial charge in [-0.05, 0) is 49.6 Å². The zero-order chi connectivity index (χ0) is 24.2. The fraction of sp³-hybridized carbons (Fsp3) is 0.259. The van der Waals surface area contributed by atoms with E-state index >= 15 is 0 Å². The molecule has 0 bridgehead atoms. The molecule has 4 aromatic rings. The molecule has 0 atom stereocenters. The van der Waals surface area contributed by atoms with E-state index in [1.807, 2.05) is 53.0 Å². The van der Waals surface area contributed by atoms with Crippen LogP contribution in [-0.2, 0) is 6.54 Å². The van der Waals surface area contributed by atoms with E-state index in [2.05, 4.69) is 15.1 Å². The fourth-order valence-electron chi connectivity index (χ4n) is 4.38. The van der Waals surface area contributed by atoms with Crippen molar-refractivity contribution in [3.63, 3.8) is 0 Å². The molecular formula is C27H26FN5O2. The minimum atomic E-state index is -0.440. The van der Waals surface area contributed by atoms with Gasteiger partial charge in [0.2, 0.25) is 5.88 Å². The van der Waals surface area contributed by atoms with Crippen molar-refractivity contribution in [1.82, 2.24) is 24.6 Å². The molecular weight excluding hydrogens is 445 g/mol. The highest BCUT2D eigenvalue weighted by Gasteiger charge is 2.27. The molecule has 0 radical (unpaired) electrons. The number of hydrogen-bond acceptors (Lipinski definition) is 5. The molecule has 0 saturated carbocycles. The Balaban J connectivity index is 1.27. The average Bonchev–Trinajstić information content (AvgIpc) is 3.38. The lowest BCUT2D eigenvalue weighted by Crippen LogP contribution is -2.38. The lowest BCUT2D eigenvalue weighted by atomic mass is 9.95. The molecule has 2 aromatic heterocycles. The summed E-state index contributed by atoms with van der Waals surface area (Å²) in [5.41, 5.74) is 2.40. The van der Waals surface area contributed by atoms with Gasteiger partial charge in [-0.25, -0.2) is 9.37 Å². The Hall–Kier alpha value is -4.07. The summed E-state index contributed by atoms with van der Waals surface area (Å²) >= 11 is 0. The van der Waals surface area contributed by atoms with Crippen LogP contribution in [0.4, 0.5) is 4.39 Å². The number of carbonyl (C=O) groups excluding carboxylic acids is 1. The molecule has 1 saturated heterocycles. The van der Waals surface area contributed by atoms with E-state index in [4.69, 9.17) is 4.74 Å². The maximum atomic E-state index is 14.0. The predicted octanol–water partition coefficient (Wildman–Crippen LogP) is 4.98. The van der Waals surface area contributed by atoms with Crippen LogP contribution in [0.25, 0.3) is 0 Å². The maximum absolute atomic E-state index is 14.0. The highest BCUT2D eigenvalue weighted by Crippen LogP contribution is 2.30. The molecule has 0 aliphatic carbocycles. The van der Waals surface area contributed by atoms with Gasteiger partial charge in [0.15, 0.2) is 11.6 Å². The first-order chi connectivity index (χ1) is 17.1. The highest BCUT2D eigenvalue weighted by molar-refractivity contribution is 5.95. The van der Waals surface area contributed by atoms with Crippen molar-refractivity contribution in [1.29, 1.82) is 0 Å². The number of amides is 1. The quantitative estimate of drug-likeness (QED) is 0.397. The van der Waals surface area contributed by atoms with E-state index in [-0.39, 0.29) is 17.6 Å². The molecule has 35 heavy (non-hydrogen) atoms. The molecule has 0 spiro atoms. The molecule has 1 fully saturated rings. The Morgan fingerprint density at radius 1 is 1.06 bits per heavy atom. The number of rotatable bonds is 6. The standard InChI is InChI=1S/C27H26FN5O2/c1-19-17-25(35-24-10-5-4-9-23(24)28)31-26(30-19)20-11-15-32(16-12-20)27(34)22-8-3-2-7-21(22)18-33-14-6-13-29-33/h2-10,13-14,17,20H,11-12,15-16,18H2,1H3. The molecule has 1 amide bonds. The van der Waals surface area contributed by atoms with Crippen molar-refractivity contribution >= 4 is 5.91 Å². The highest BCUT2D eigenvalue weighted by atomic mass is 19.1. The van der Waals surface area contributed by atoms with Crippen molar-refractivity contribution in [2.75, 3.05) is 13.1 Å². The van der Waals surface area contributed by atoms with E-state index in [1.54, 1.807) is 30.5 Å². The number of carbonyl (C=O) groups is 1. The minimum Gasteiger partial charge on any atom is -0.436 e. The number of benzene rings is 2. The van der Waals surface area contributed by atoms with E-state index in [1.165, 1.54) is 6.07 Å². The number of ether oxygens (including phenoxy) is 1. The van der Waals surface area contributed by atoms with E-state index in [9.17, 15) is 9.18 Å². The van der Waals surface area contributed by atoms with Crippen LogP contribution in [0.3, 0.4) is 0 Å². The smallest absolute Gasteiger partial charge is 0.254 e. The Kier molecular flexibility index (Phi) is 6.52. The van der Waals surface area contributed by atoms with Crippen LogP contribution in [0.15, 0.2) is 73.1 Å². The number of aryl methyl sites for hydroxylation is 1. The van der Waals surface area contributed by atoms with Crippen molar-refractivity contribution in [3.8, 4) is 11.6 Å². The summed E-state index contributed by atoms with van der Waals surface area (Å²) in [5, 5.41) is 4.26. The van der Waals surface area contributed by atoms with Crippen LogP contribution in [0.1, 0.15) is 46.2 Å². The Bertz CT molecular complexity index is 1320. The number of aromatic nitrogens is 4. The topological polar surface area (TPSA) is 73.1 Å². The van der Waals surface area contributed by atoms with Gasteiger partial charge >= 0.3 is 0 Å². The lowest BCUT2D eigenvalue weighted by Gasteiger charge is -2.32. The molecule has 3 heterocycles. The van der Waals surface area contributed by atoms with Crippen LogP contribution >= 0.6 is 0 Å². The molecule has 1 aliphatic rings. The van der Waals surface area contributed by atoms with Gasteiger partial charge in [0.25, 0.3) is 5.91 Å². The van der Waals surface area contributed by atoms with Gasteiger partial charge < -0.3 is 9.64 Å². The van der Waals surface area contributed by atoms with Crippen molar-refractivity contribution in [2.24, 2.45) is 0 Å². The third-order valence-corrected chi connectivity index (χ3v) is 6.19. The van der Waals surface area contributed by atoms with E-state index in [0.29, 0.717) is 36.9 Å². The molecule has 8 heteroatoms. The van der Waals surface area contributed by atoms with Crippen molar-refractivity contribution in [3.05, 3.63) is 102 Å². The minimum absolute atomic E-state index is 0.0277. The molecule has 1 aliphatic heterocycles. The van der Waals surface area contributed by atoms with Gasteiger partial charge in [0.1, 0.15) is 5.82 Å². The predicted molar refractivity (Wildman–Crippen MR) is 129 cm³/mol. The first-order valence-electron chi connectivity index (χ1n) is 11.7. The van der Waals surface area contributed by atoms with Crippen LogP contribution in [0.2, 0.25) is 0 Å². The van der Waals surface area contributed by atoms with Crippen LogP contribution < -0.4 is 4.74 Å². The third kappa shape index (κ3) is 5.21. The molecule has 5 rings (SSSR count). The second-order valence-electron chi connectivity index (χ2n) is 8.67. The van der Waals surface area contributed by atoms with Crippen molar-refractivity contribution < 1.29 is 13.9 Å². The molecule has 0 unspecified atom stereocenters. The summed E-state index contributed by atoms with van der Waals surface area (Å²) in [5.74, 6) is 0.808. The van der Waals surface area contributed by atoms with Crippen LogP contribution in [0, 0.1) is 12.7 Å². The number of halogens is 1. The summed E-state index contributed by atoms with van der Waals surface area (Å²) in [6.45, 7) is 3.64. The SMILES string of the molecule is Cc1cc(Oc2ccccc2F)nc(C2CCN(C(=O)c3ccccc3Cn3cccn3)CC2)n1. The second-order valence-corrected chi connectivity index (χ2v) is 8.67. The van der Waals surface area contributed by atoms with Gasteiger partial charge in [-0.2, -0.15) is 10.1 Å². The van der Waals surface area contributed by atoms with Gasteiger partial charge in [0, 0.05) is 48.7 Å². The van der Waals surface area contributed by atoms with Gasteiger partial charge in [-0.15, -0.1) is 0 Å². The lowest BCUT2D eigenvalue weighted by molar-refractivity contribution is 0.0709. The number of likely N-dealkylation sites (tertiary alicyclic amines) is 1. The zero-order valence-electron chi connectivity index (χ0n) is 19.5. The van der Waals surface area contributed by atoms with E-state index < -0.39 is 5.82 Å². The summed E-state index contributed by atoms with van der Waals surface area (Å²) in [6.07, 6.45) is 5.11. The second kappa shape index (κ2) is 10.0. The van der Waals surface area contributed by atoms with Crippen LogP contribution in [-0.4, -0.2) is 43.6 Å². The Labute approximate surface area is 203 Å². The number of piperidine rings is 1. The fourth-order valence-corrected chi connectivity index (χ4v) is 4.38. The zero-order valence-corrected chi connectivity index (χ0v) is 19.5. The van der Waals surface area contributed by atoms with Crippen LogP contribution in [0.5, 0.6) is 11.6 Å². The maximum Gasteiger partial charge on any atom is 0.254 e. The first kappa shape index (κ1) is 22.7. The summed E-state index contributed by atoms with van der Waals surface area (Å²) in [4.78, 5) is 24.4. The van der Waals surface area contributed by atoms with Crippen molar-refractivity contribution in [2.45, 2.75) is 32.2 Å². The average molecular weight is 472 g/mol. The largest absolute Gasteiger partial charge is 0.436 e. The Morgan fingerprint density at radius 3 is 2.60 bits per heavy atom. The number of hydrogen-bond donors (Lipinski definition) is 0.